The number of carbonyl (C=O) groups is 1. The molecule has 0 amide bonds. The molecule has 0 unspecified atom stereocenters. The molecule has 0 saturated heterocycles. The van der Waals surface area contributed by atoms with E-state index in [0.717, 1.165) is 12.3 Å². The summed E-state index contributed by atoms with van der Waals surface area (Å²) in [6.07, 6.45) is 11.1. The van der Waals surface area contributed by atoms with Crippen LogP contribution in [0.4, 0.5) is 0 Å². The second-order valence-corrected chi connectivity index (χ2v) is 4.93. The lowest BCUT2D eigenvalue weighted by Crippen LogP contribution is -2.23. The molecule has 0 spiro atoms. The highest BCUT2D eigenvalue weighted by atomic mass is 16.2. The van der Waals surface area contributed by atoms with Gasteiger partial charge in [0, 0.05) is 18.3 Å². The van der Waals surface area contributed by atoms with Gasteiger partial charge in [0.25, 0.3) is 0 Å². The quantitative estimate of drug-likeness (QED) is 0.784. The lowest BCUT2D eigenvalue weighted by atomic mass is 9.83. The van der Waals surface area contributed by atoms with Crippen molar-refractivity contribution >= 4 is 5.91 Å². The first-order valence-electron chi connectivity index (χ1n) is 6.31. The number of aromatic nitrogens is 2. The van der Waals surface area contributed by atoms with E-state index in [2.05, 4.69) is 5.10 Å². The van der Waals surface area contributed by atoms with E-state index in [4.69, 9.17) is 0 Å². The van der Waals surface area contributed by atoms with Crippen molar-refractivity contribution in [2.75, 3.05) is 0 Å². The fraction of sp³-hybridized carbons (Fsp3) is 0.692. The van der Waals surface area contributed by atoms with Gasteiger partial charge in [0.2, 0.25) is 5.91 Å². The van der Waals surface area contributed by atoms with Crippen molar-refractivity contribution in [1.82, 2.24) is 9.78 Å². The second-order valence-electron chi connectivity index (χ2n) is 4.93. The van der Waals surface area contributed by atoms with Crippen LogP contribution in [0.2, 0.25) is 0 Å². The van der Waals surface area contributed by atoms with Crippen LogP contribution in [0.1, 0.15) is 50.2 Å². The lowest BCUT2D eigenvalue weighted by Gasteiger charge is -2.23. The molecule has 0 bridgehead atoms. The molecule has 16 heavy (non-hydrogen) atoms. The third kappa shape index (κ3) is 2.71. The molecule has 3 heteroatoms. The van der Waals surface area contributed by atoms with Crippen molar-refractivity contribution < 1.29 is 4.79 Å². The Kier molecular flexibility index (Phi) is 3.75. The molecule has 1 aliphatic carbocycles. The molecule has 0 aromatic carbocycles. The Bertz CT molecular complexity index is 326. The van der Waals surface area contributed by atoms with E-state index >= 15 is 0 Å². The highest BCUT2D eigenvalue weighted by Crippen LogP contribution is 2.29. The largest absolute Gasteiger partial charge is 0.272 e. The van der Waals surface area contributed by atoms with E-state index in [9.17, 15) is 4.79 Å². The first kappa shape index (κ1) is 11.4. The van der Waals surface area contributed by atoms with Crippen LogP contribution in [-0.2, 0) is 0 Å². The molecule has 1 saturated carbocycles. The molecular formula is C13H20N2O. The van der Waals surface area contributed by atoms with Gasteiger partial charge in [0.05, 0.1) is 0 Å². The molecule has 1 aromatic heterocycles. The molecule has 2 rings (SSSR count). The molecule has 88 valence electrons. The van der Waals surface area contributed by atoms with Crippen molar-refractivity contribution in [3.05, 3.63) is 18.5 Å². The van der Waals surface area contributed by atoms with Crippen LogP contribution in [0.25, 0.3) is 0 Å². The summed E-state index contributed by atoms with van der Waals surface area (Å²) >= 11 is 0. The van der Waals surface area contributed by atoms with Gasteiger partial charge in [-0.2, -0.15) is 5.10 Å². The van der Waals surface area contributed by atoms with Gasteiger partial charge < -0.3 is 0 Å². The van der Waals surface area contributed by atoms with Gasteiger partial charge in [0.1, 0.15) is 0 Å². The SMILES string of the molecule is C[C@H](CC1CCCCC1)C(=O)n1cccn1. The van der Waals surface area contributed by atoms with E-state index in [1.165, 1.54) is 36.8 Å². The maximum Gasteiger partial charge on any atom is 0.249 e. The van der Waals surface area contributed by atoms with E-state index in [1.54, 1.807) is 18.5 Å². The van der Waals surface area contributed by atoms with Crippen molar-refractivity contribution in [2.24, 2.45) is 11.8 Å². The van der Waals surface area contributed by atoms with Crippen molar-refractivity contribution in [3.63, 3.8) is 0 Å². The number of carbonyl (C=O) groups excluding carboxylic acids is 1. The Balaban J connectivity index is 1.87. The summed E-state index contributed by atoms with van der Waals surface area (Å²) in [5.41, 5.74) is 0. The summed E-state index contributed by atoms with van der Waals surface area (Å²) in [4.78, 5) is 12.0. The summed E-state index contributed by atoms with van der Waals surface area (Å²) in [5, 5.41) is 4.00. The van der Waals surface area contributed by atoms with Crippen LogP contribution in [0.3, 0.4) is 0 Å². The van der Waals surface area contributed by atoms with Crippen molar-refractivity contribution in [1.29, 1.82) is 0 Å². The molecule has 0 N–H and O–H groups in total. The fourth-order valence-electron chi connectivity index (χ4n) is 2.65. The Morgan fingerprint density at radius 1 is 1.44 bits per heavy atom. The van der Waals surface area contributed by atoms with Crippen LogP contribution >= 0.6 is 0 Å². The normalized spacial score (nSPS) is 19.6. The van der Waals surface area contributed by atoms with Crippen LogP contribution in [0, 0.1) is 11.8 Å². The van der Waals surface area contributed by atoms with E-state index in [0.29, 0.717) is 0 Å². The van der Waals surface area contributed by atoms with Gasteiger partial charge in [-0.3, -0.25) is 4.79 Å². The zero-order valence-corrected chi connectivity index (χ0v) is 9.93. The number of rotatable bonds is 3. The van der Waals surface area contributed by atoms with Crippen LogP contribution in [0.15, 0.2) is 18.5 Å². The molecule has 0 radical (unpaired) electrons. The maximum absolute atomic E-state index is 12.0. The molecule has 1 aromatic rings. The summed E-state index contributed by atoms with van der Waals surface area (Å²) in [6, 6.07) is 1.80. The van der Waals surface area contributed by atoms with E-state index in [-0.39, 0.29) is 11.8 Å². The molecule has 0 aliphatic heterocycles. The summed E-state index contributed by atoms with van der Waals surface area (Å²) in [7, 11) is 0. The van der Waals surface area contributed by atoms with Crippen LogP contribution in [0.5, 0.6) is 0 Å². The van der Waals surface area contributed by atoms with E-state index < -0.39 is 0 Å². The van der Waals surface area contributed by atoms with Gasteiger partial charge in [-0.05, 0) is 18.4 Å². The fourth-order valence-corrected chi connectivity index (χ4v) is 2.65. The highest BCUT2D eigenvalue weighted by molar-refractivity contribution is 5.79. The molecule has 1 atom stereocenters. The minimum absolute atomic E-state index is 0.1000. The summed E-state index contributed by atoms with van der Waals surface area (Å²) in [5.74, 6) is 0.988. The Hall–Kier alpha value is -1.12. The number of hydrogen-bond donors (Lipinski definition) is 0. The monoisotopic (exact) mass is 220 g/mol. The smallest absolute Gasteiger partial charge is 0.249 e. The lowest BCUT2D eigenvalue weighted by molar-refractivity contribution is 0.0802. The predicted octanol–water partition coefficient (Wildman–Crippen LogP) is 3.13. The van der Waals surface area contributed by atoms with E-state index in [1.807, 2.05) is 6.92 Å². The van der Waals surface area contributed by atoms with Crippen LogP contribution < -0.4 is 0 Å². The summed E-state index contributed by atoms with van der Waals surface area (Å²) in [6.45, 7) is 2.03. The van der Waals surface area contributed by atoms with Crippen molar-refractivity contribution in [2.45, 2.75) is 45.4 Å². The maximum atomic E-state index is 12.0. The second kappa shape index (κ2) is 5.28. The Labute approximate surface area is 96.8 Å². The minimum atomic E-state index is 0.1000. The Morgan fingerprint density at radius 3 is 2.81 bits per heavy atom. The first-order valence-corrected chi connectivity index (χ1v) is 6.31. The van der Waals surface area contributed by atoms with Crippen LogP contribution in [-0.4, -0.2) is 15.7 Å². The molecular weight excluding hydrogens is 200 g/mol. The van der Waals surface area contributed by atoms with Gasteiger partial charge in [-0.1, -0.05) is 39.0 Å². The zero-order valence-electron chi connectivity index (χ0n) is 9.93. The molecule has 1 fully saturated rings. The van der Waals surface area contributed by atoms with Gasteiger partial charge >= 0.3 is 0 Å². The topological polar surface area (TPSA) is 34.9 Å². The first-order chi connectivity index (χ1) is 7.77. The zero-order chi connectivity index (χ0) is 11.4. The molecule has 1 aliphatic rings. The third-order valence-corrected chi connectivity index (χ3v) is 3.56. The van der Waals surface area contributed by atoms with Gasteiger partial charge in [-0.15, -0.1) is 0 Å². The van der Waals surface area contributed by atoms with Crippen molar-refractivity contribution in [3.8, 4) is 0 Å². The average Bonchev–Trinajstić information content (AvgIpc) is 2.83. The standard InChI is InChI=1S/C13H20N2O/c1-11(10-12-6-3-2-4-7-12)13(16)15-9-5-8-14-15/h5,8-9,11-12H,2-4,6-7,10H2,1H3/t11-/m1/s1. The molecule has 3 nitrogen and oxygen atoms in total. The minimum Gasteiger partial charge on any atom is -0.272 e. The van der Waals surface area contributed by atoms with Gasteiger partial charge in [0.15, 0.2) is 0 Å². The number of nitrogens with zero attached hydrogens (tertiary/aromatic N) is 2. The third-order valence-electron chi connectivity index (χ3n) is 3.56. The predicted molar refractivity (Wildman–Crippen MR) is 63.2 cm³/mol. The number of hydrogen-bond acceptors (Lipinski definition) is 2. The Morgan fingerprint density at radius 2 is 2.19 bits per heavy atom. The van der Waals surface area contributed by atoms with Gasteiger partial charge in [-0.25, -0.2) is 4.68 Å². The molecule has 1 heterocycles. The highest BCUT2D eigenvalue weighted by Gasteiger charge is 2.21. The average molecular weight is 220 g/mol. The summed E-state index contributed by atoms with van der Waals surface area (Å²) < 4.78 is 1.47.